The minimum Gasteiger partial charge on any atom is -0.379 e. The summed E-state index contributed by atoms with van der Waals surface area (Å²) in [6.45, 7) is 6.05. The Bertz CT molecular complexity index is 961. The fourth-order valence-electron chi connectivity index (χ4n) is 5.05. The van der Waals surface area contributed by atoms with Gasteiger partial charge < -0.3 is 9.72 Å². The number of pyridine rings is 1. The number of nitrogens with one attached hydrogen (secondary N) is 1. The van der Waals surface area contributed by atoms with Crippen molar-refractivity contribution >= 4 is 11.0 Å². The molecule has 1 aliphatic carbocycles. The standard InChI is InChI=1S/C22H29N5O/c1-15-21(14-26(2)25-15)20-13-24-22-19(20)11-17(12-23-22)16-3-5-18(6-4-16)27-7-9-28-10-8-27/h11-14,16,18H,3-10H2,1-2H3,(H,23,24). The first-order valence-corrected chi connectivity index (χ1v) is 10.5. The molecule has 0 amide bonds. The highest BCUT2D eigenvalue weighted by Gasteiger charge is 2.28. The number of fused-ring (bicyclic) bond motifs is 1. The molecule has 148 valence electrons. The van der Waals surface area contributed by atoms with Crippen molar-refractivity contribution in [2.24, 2.45) is 7.05 Å². The molecule has 1 aliphatic heterocycles. The lowest BCUT2D eigenvalue weighted by molar-refractivity contribution is 0.00729. The quantitative estimate of drug-likeness (QED) is 0.755. The third-order valence-corrected chi connectivity index (χ3v) is 6.59. The van der Waals surface area contributed by atoms with E-state index in [2.05, 4.69) is 46.6 Å². The van der Waals surface area contributed by atoms with E-state index in [0.29, 0.717) is 5.92 Å². The van der Waals surface area contributed by atoms with Gasteiger partial charge in [0.05, 0.1) is 18.9 Å². The molecular weight excluding hydrogens is 350 g/mol. The zero-order chi connectivity index (χ0) is 19.1. The lowest BCUT2D eigenvalue weighted by atomic mass is 9.81. The van der Waals surface area contributed by atoms with Crippen molar-refractivity contribution in [3.63, 3.8) is 0 Å². The van der Waals surface area contributed by atoms with Crippen LogP contribution in [0.4, 0.5) is 0 Å². The van der Waals surface area contributed by atoms with Gasteiger partial charge in [-0.3, -0.25) is 9.58 Å². The van der Waals surface area contributed by atoms with E-state index in [1.54, 1.807) is 0 Å². The molecule has 28 heavy (non-hydrogen) atoms. The van der Waals surface area contributed by atoms with Crippen LogP contribution >= 0.6 is 0 Å². The van der Waals surface area contributed by atoms with Crippen molar-refractivity contribution in [1.82, 2.24) is 24.6 Å². The number of ether oxygens (including phenoxy) is 1. The molecule has 1 saturated heterocycles. The van der Waals surface area contributed by atoms with Gasteiger partial charge in [0.1, 0.15) is 5.65 Å². The fourth-order valence-corrected chi connectivity index (χ4v) is 5.05. The minimum absolute atomic E-state index is 0.618. The number of morpholine rings is 1. The van der Waals surface area contributed by atoms with Crippen molar-refractivity contribution < 1.29 is 4.74 Å². The van der Waals surface area contributed by atoms with E-state index in [0.717, 1.165) is 43.7 Å². The van der Waals surface area contributed by atoms with E-state index in [1.807, 2.05) is 11.7 Å². The lowest BCUT2D eigenvalue weighted by Gasteiger charge is -2.38. The van der Waals surface area contributed by atoms with Gasteiger partial charge in [-0.05, 0) is 50.2 Å². The number of H-pyrrole nitrogens is 1. The van der Waals surface area contributed by atoms with Gasteiger partial charge in [0.25, 0.3) is 0 Å². The molecule has 2 aliphatic rings. The summed E-state index contributed by atoms with van der Waals surface area (Å²) in [6.07, 6.45) is 11.3. The third kappa shape index (κ3) is 3.25. The Morgan fingerprint density at radius 3 is 2.61 bits per heavy atom. The van der Waals surface area contributed by atoms with Crippen LogP contribution in [-0.2, 0) is 11.8 Å². The monoisotopic (exact) mass is 379 g/mol. The van der Waals surface area contributed by atoms with E-state index in [4.69, 9.17) is 9.72 Å². The first-order valence-electron chi connectivity index (χ1n) is 10.5. The molecule has 3 aromatic heterocycles. The fraction of sp³-hybridized carbons (Fsp3) is 0.545. The molecule has 0 aromatic carbocycles. The molecule has 0 unspecified atom stereocenters. The molecule has 3 aromatic rings. The highest BCUT2D eigenvalue weighted by molar-refractivity contribution is 5.94. The van der Waals surface area contributed by atoms with Crippen LogP contribution in [0.5, 0.6) is 0 Å². The van der Waals surface area contributed by atoms with Crippen LogP contribution in [0.2, 0.25) is 0 Å². The minimum atomic E-state index is 0.618. The van der Waals surface area contributed by atoms with E-state index in [9.17, 15) is 0 Å². The van der Waals surface area contributed by atoms with Crippen LogP contribution in [-0.4, -0.2) is 57.0 Å². The summed E-state index contributed by atoms with van der Waals surface area (Å²) in [5.41, 5.74) is 5.79. The summed E-state index contributed by atoms with van der Waals surface area (Å²) < 4.78 is 7.40. The number of aryl methyl sites for hydroxylation is 2. The zero-order valence-corrected chi connectivity index (χ0v) is 16.8. The maximum Gasteiger partial charge on any atom is 0.137 e. The Labute approximate surface area is 165 Å². The molecule has 6 heteroatoms. The summed E-state index contributed by atoms with van der Waals surface area (Å²) in [4.78, 5) is 10.7. The van der Waals surface area contributed by atoms with Gasteiger partial charge in [0.2, 0.25) is 0 Å². The summed E-state index contributed by atoms with van der Waals surface area (Å²) in [5.74, 6) is 0.618. The summed E-state index contributed by atoms with van der Waals surface area (Å²) in [6, 6.07) is 3.10. The lowest BCUT2D eigenvalue weighted by Crippen LogP contribution is -2.44. The van der Waals surface area contributed by atoms with E-state index in [1.165, 1.54) is 47.8 Å². The number of aromatic nitrogens is 4. The number of hydrogen-bond donors (Lipinski definition) is 1. The van der Waals surface area contributed by atoms with Gasteiger partial charge >= 0.3 is 0 Å². The van der Waals surface area contributed by atoms with Gasteiger partial charge in [0.15, 0.2) is 0 Å². The topological polar surface area (TPSA) is 59.0 Å². The first kappa shape index (κ1) is 17.9. The number of rotatable bonds is 3. The normalized spacial score (nSPS) is 24.1. The molecule has 0 atom stereocenters. The first-order chi connectivity index (χ1) is 13.7. The zero-order valence-electron chi connectivity index (χ0n) is 16.8. The number of aromatic amines is 1. The molecule has 1 N–H and O–H groups in total. The summed E-state index contributed by atoms with van der Waals surface area (Å²) in [5, 5.41) is 5.72. The Hall–Kier alpha value is -2.18. The van der Waals surface area contributed by atoms with Crippen LogP contribution in [0, 0.1) is 6.92 Å². The number of nitrogens with zero attached hydrogens (tertiary/aromatic N) is 4. The van der Waals surface area contributed by atoms with Crippen molar-refractivity contribution in [2.45, 2.75) is 44.6 Å². The Kier molecular flexibility index (Phi) is 4.69. The van der Waals surface area contributed by atoms with Crippen LogP contribution in [0.3, 0.4) is 0 Å². The van der Waals surface area contributed by atoms with E-state index in [-0.39, 0.29) is 0 Å². The molecule has 5 rings (SSSR count). The second-order valence-electron chi connectivity index (χ2n) is 8.32. The molecule has 2 fully saturated rings. The molecular formula is C22H29N5O. The second-order valence-corrected chi connectivity index (χ2v) is 8.32. The molecule has 6 nitrogen and oxygen atoms in total. The van der Waals surface area contributed by atoms with Crippen molar-refractivity contribution in [2.75, 3.05) is 26.3 Å². The highest BCUT2D eigenvalue weighted by Crippen LogP contribution is 2.37. The maximum absolute atomic E-state index is 5.51. The van der Waals surface area contributed by atoms with E-state index >= 15 is 0 Å². The van der Waals surface area contributed by atoms with Gasteiger partial charge in [-0.1, -0.05) is 0 Å². The van der Waals surface area contributed by atoms with Crippen LogP contribution in [0.15, 0.2) is 24.7 Å². The average Bonchev–Trinajstić information content (AvgIpc) is 3.30. The Balaban J connectivity index is 1.37. The molecule has 1 saturated carbocycles. The third-order valence-electron chi connectivity index (χ3n) is 6.59. The van der Waals surface area contributed by atoms with Crippen LogP contribution < -0.4 is 0 Å². The largest absolute Gasteiger partial charge is 0.379 e. The Morgan fingerprint density at radius 2 is 1.89 bits per heavy atom. The SMILES string of the molecule is Cc1nn(C)cc1-c1c[nH]c2ncc(C3CCC(N4CCOCC4)CC3)cc12. The van der Waals surface area contributed by atoms with Gasteiger partial charge in [-0.2, -0.15) is 5.10 Å². The Morgan fingerprint density at radius 1 is 1.11 bits per heavy atom. The van der Waals surface area contributed by atoms with E-state index < -0.39 is 0 Å². The molecule has 0 radical (unpaired) electrons. The van der Waals surface area contributed by atoms with Crippen LogP contribution in [0.25, 0.3) is 22.2 Å². The molecule has 0 spiro atoms. The summed E-state index contributed by atoms with van der Waals surface area (Å²) >= 11 is 0. The predicted octanol–water partition coefficient (Wildman–Crippen LogP) is 3.63. The van der Waals surface area contributed by atoms with Crippen molar-refractivity contribution in [3.05, 3.63) is 35.9 Å². The average molecular weight is 380 g/mol. The van der Waals surface area contributed by atoms with Crippen molar-refractivity contribution in [1.29, 1.82) is 0 Å². The van der Waals surface area contributed by atoms with Gasteiger partial charge in [-0.25, -0.2) is 4.98 Å². The smallest absolute Gasteiger partial charge is 0.137 e. The van der Waals surface area contributed by atoms with Crippen molar-refractivity contribution in [3.8, 4) is 11.1 Å². The van der Waals surface area contributed by atoms with Gasteiger partial charge in [0, 0.05) is 61.3 Å². The molecule has 4 heterocycles. The van der Waals surface area contributed by atoms with Gasteiger partial charge in [-0.15, -0.1) is 0 Å². The summed E-state index contributed by atoms with van der Waals surface area (Å²) in [7, 11) is 1.97. The van der Waals surface area contributed by atoms with Crippen LogP contribution in [0.1, 0.15) is 42.9 Å². The second kappa shape index (κ2) is 7.33. The maximum atomic E-state index is 5.51. The predicted molar refractivity (Wildman–Crippen MR) is 110 cm³/mol. The number of hydrogen-bond acceptors (Lipinski definition) is 4. The highest BCUT2D eigenvalue weighted by atomic mass is 16.5. The molecule has 0 bridgehead atoms.